The van der Waals surface area contributed by atoms with E-state index in [2.05, 4.69) is 21.3 Å². The topological polar surface area (TPSA) is 759 Å². The van der Waals surface area contributed by atoms with Gasteiger partial charge in [-0.05, 0) is 5.92 Å². The number of nitrogens with one attached hydrogen (secondary N) is 4. The summed E-state index contributed by atoms with van der Waals surface area (Å²) in [7, 11) is 0. The Balaban J connectivity index is 1.06. The Hall–Kier alpha value is -3.76. The number of hydrogen-bond acceptors (Lipinski definition) is 45. The van der Waals surface area contributed by atoms with Crippen LogP contribution in [0.3, 0.4) is 0 Å². The second kappa shape index (κ2) is 41.2. The molecule has 45 atom stereocenters. The molecule has 0 saturated carbocycles. The lowest BCUT2D eigenvalue weighted by atomic mass is 9.87. The first kappa shape index (κ1) is 94.1. The molecule has 9 fully saturated rings. The standard InChI is InChI=1S/C65H110N4O45/c1-16(2)50-30(66-17(3)78)39(87)51(25(11-74)99-50)108-58-31(67-18(4)79)40(88)54(28(14-77)104-58)111-63-49(97)55(112-65-57(46(94)37(85)24(10-73)103-65)114-60-33(69-20(6)81)42(90)53(27(13-76)106-60)110-62-48(96)44(92)35(83)22(8-71)101-62)38(86)29(107-63)15-98-64-56(45(93)36(84)23(9-72)102-64)113-59-32(68-19(5)80)41(89)52(26(12-75)105-59)109-61-47(95)43(91)34(82)21(7-70)100-61/h16,21-65,70-77,82-97H,7-15H2,1-6H3,(H,66,78)(H,67,79)(H,68,80)(H,69,81)/t21?,22?,23?,24?,25?,26-,27?,28?,29?,30?,31?,32?,33?,34-,35-,36+,37+,38+,39+,40+,41?,42+,43-,44-,45-,46?,47?,48?,49?,50-,51+,52+,53+,54+,55-,56?,57?,58-,59-,60-,61-,62-,63-,64-,65+/m0/s1. The molecule has 28 N–H and O–H groups in total. The zero-order chi connectivity index (χ0) is 84.1. The summed E-state index contributed by atoms with van der Waals surface area (Å²) in [6.07, 6.45) is -83.0. The average Bonchev–Trinajstić information content (AvgIpc) is 0.767. The third-order valence-electron chi connectivity index (χ3n) is 21.1. The van der Waals surface area contributed by atoms with Gasteiger partial charge in [-0.1, -0.05) is 13.8 Å². The molecule has 0 aromatic heterocycles. The molecule has 9 saturated heterocycles. The Bertz CT molecular complexity index is 3020. The lowest BCUT2D eigenvalue weighted by Crippen LogP contribution is -2.71. The van der Waals surface area contributed by atoms with E-state index in [0.717, 1.165) is 27.7 Å². The molecule has 660 valence electrons. The minimum Gasteiger partial charge on any atom is -0.394 e. The molecule has 9 aliphatic rings. The van der Waals surface area contributed by atoms with Crippen LogP contribution in [0.25, 0.3) is 0 Å². The van der Waals surface area contributed by atoms with Gasteiger partial charge in [-0.15, -0.1) is 0 Å². The fourth-order valence-electron chi connectivity index (χ4n) is 15.1. The molecule has 9 heterocycles. The van der Waals surface area contributed by atoms with Crippen molar-refractivity contribution in [3.63, 3.8) is 0 Å². The van der Waals surface area contributed by atoms with Crippen LogP contribution in [0, 0.1) is 5.92 Å². The summed E-state index contributed by atoms with van der Waals surface area (Å²) in [5.41, 5.74) is 0. The van der Waals surface area contributed by atoms with Crippen molar-refractivity contribution in [3.05, 3.63) is 0 Å². The van der Waals surface area contributed by atoms with Gasteiger partial charge >= 0.3 is 0 Å². The normalized spacial score (nSPS) is 48.3. The summed E-state index contributed by atoms with van der Waals surface area (Å²) in [6.45, 7) is -2.17. The summed E-state index contributed by atoms with van der Waals surface area (Å²) in [5, 5.41) is 278. The van der Waals surface area contributed by atoms with E-state index in [9.17, 15) is 142 Å². The molecule has 19 unspecified atom stereocenters. The van der Waals surface area contributed by atoms with Crippen LogP contribution in [0.4, 0.5) is 0 Å². The number of aliphatic hydroxyl groups excluding tert-OH is 24. The van der Waals surface area contributed by atoms with Crippen molar-refractivity contribution in [1.82, 2.24) is 21.3 Å². The third kappa shape index (κ3) is 20.7. The highest BCUT2D eigenvalue weighted by Crippen LogP contribution is 2.40. The minimum atomic E-state index is -2.55. The largest absolute Gasteiger partial charge is 0.394 e. The third-order valence-corrected chi connectivity index (χ3v) is 21.1. The predicted molar refractivity (Wildman–Crippen MR) is 356 cm³/mol. The van der Waals surface area contributed by atoms with Gasteiger partial charge in [0.2, 0.25) is 23.6 Å². The second-order valence-electron chi connectivity index (χ2n) is 29.5. The molecule has 49 nitrogen and oxygen atoms in total. The van der Waals surface area contributed by atoms with Crippen LogP contribution >= 0.6 is 0 Å². The number of hydrogen-bond donors (Lipinski definition) is 28. The monoisotopic (exact) mass is 1670 g/mol. The molecular formula is C65H110N4O45. The summed E-state index contributed by atoms with van der Waals surface area (Å²) < 4.78 is 102. The van der Waals surface area contributed by atoms with Crippen LogP contribution in [-0.4, -0.2) is 482 Å². The number of carbonyl (C=O) groups excluding carboxylic acids is 4. The maximum atomic E-state index is 13.1. The van der Waals surface area contributed by atoms with Crippen LogP contribution in [0.1, 0.15) is 41.5 Å². The van der Waals surface area contributed by atoms with Crippen molar-refractivity contribution < 1.29 is 222 Å². The van der Waals surface area contributed by atoms with Gasteiger partial charge in [0.25, 0.3) is 0 Å². The summed E-state index contributed by atoms with van der Waals surface area (Å²) in [6, 6.07) is -6.92. The Morgan fingerprint density at radius 3 is 0.851 bits per heavy atom. The first-order chi connectivity index (χ1) is 53.9. The van der Waals surface area contributed by atoms with Crippen molar-refractivity contribution >= 4 is 23.6 Å². The SMILES string of the molecule is CC(=O)NC1C(O)[C@H](O[C@@H]2OC(CO)[C@H](O)[C@H](O)C2O)[C@H](CO)O[C@H]1OC1[C@@H](OCC2O[C@@H](O[C@@H]3C(CO)O[C@@H](O[C@@H]4C(CO)O[C@@H](C(C)C)C(NC(C)=O)[C@H]4O)C(NC(C)=O)[C@H]3O)C(O)[C@@H](O[C@H]3OC(CO)[C@@H](O)C(O)C3O[C@@H]3OC(CO)[C@@H](O[C@@H]4OC(CO)[C@H](O)[C@H](O)C4O)[C@H](O)C3NC(C)=O)[C@@H]2O)OC(CO)[C@@H](O)[C@@H]1O. The Kier molecular flexibility index (Phi) is 34.0. The summed E-state index contributed by atoms with van der Waals surface area (Å²) in [5.74, 6) is -3.80. The molecule has 0 aromatic rings. The van der Waals surface area contributed by atoms with Gasteiger partial charge in [0.15, 0.2) is 50.3 Å². The van der Waals surface area contributed by atoms with Gasteiger partial charge in [-0.3, -0.25) is 19.2 Å². The van der Waals surface area contributed by atoms with Crippen LogP contribution in [-0.2, 0) is 99.7 Å². The van der Waals surface area contributed by atoms with E-state index in [1.807, 2.05) is 0 Å². The van der Waals surface area contributed by atoms with E-state index < -0.39 is 365 Å². The Labute approximate surface area is 648 Å². The fourth-order valence-corrected chi connectivity index (χ4v) is 15.1. The van der Waals surface area contributed by atoms with E-state index in [1.54, 1.807) is 13.8 Å². The first-order valence-electron chi connectivity index (χ1n) is 36.9. The van der Waals surface area contributed by atoms with Crippen LogP contribution < -0.4 is 21.3 Å². The Morgan fingerprint density at radius 2 is 0.509 bits per heavy atom. The number of rotatable bonds is 30. The zero-order valence-electron chi connectivity index (χ0n) is 62.2. The maximum Gasteiger partial charge on any atom is 0.217 e. The van der Waals surface area contributed by atoms with Crippen molar-refractivity contribution in [3.8, 4) is 0 Å². The quantitative estimate of drug-likeness (QED) is 0.0318. The van der Waals surface area contributed by atoms with Crippen LogP contribution in [0.15, 0.2) is 0 Å². The molecule has 0 spiro atoms. The van der Waals surface area contributed by atoms with E-state index >= 15 is 0 Å². The molecule has 0 aromatic carbocycles. The zero-order valence-corrected chi connectivity index (χ0v) is 62.2. The average molecular weight is 1670 g/mol. The van der Waals surface area contributed by atoms with Gasteiger partial charge in [0.1, 0.15) is 213 Å². The molecule has 49 heteroatoms. The minimum absolute atomic E-state index is 0.405. The van der Waals surface area contributed by atoms with Gasteiger partial charge in [0.05, 0.1) is 71.6 Å². The van der Waals surface area contributed by atoms with E-state index in [1.165, 1.54) is 0 Å². The molecule has 9 rings (SSSR count). The van der Waals surface area contributed by atoms with E-state index in [-0.39, 0.29) is 0 Å². The summed E-state index contributed by atoms with van der Waals surface area (Å²) in [4.78, 5) is 51.4. The molecule has 4 amide bonds. The molecule has 0 radical (unpaired) electrons. The molecule has 9 aliphatic heterocycles. The van der Waals surface area contributed by atoms with Gasteiger partial charge in [-0.2, -0.15) is 0 Å². The highest BCUT2D eigenvalue weighted by molar-refractivity contribution is 5.74. The summed E-state index contributed by atoms with van der Waals surface area (Å²) >= 11 is 0. The van der Waals surface area contributed by atoms with Crippen molar-refractivity contribution in [1.29, 1.82) is 0 Å². The van der Waals surface area contributed by atoms with E-state index in [4.69, 9.17) is 80.5 Å². The lowest BCUT2D eigenvalue weighted by Gasteiger charge is -2.51. The highest BCUT2D eigenvalue weighted by Gasteiger charge is 2.61. The second-order valence-corrected chi connectivity index (χ2v) is 29.5. The van der Waals surface area contributed by atoms with Crippen molar-refractivity contribution in [2.75, 3.05) is 59.5 Å². The van der Waals surface area contributed by atoms with Gasteiger partial charge < -0.3 is 224 Å². The number of amides is 4. The molecule has 0 bridgehead atoms. The van der Waals surface area contributed by atoms with Crippen LogP contribution in [0.2, 0.25) is 0 Å². The number of ether oxygens (including phenoxy) is 17. The fraction of sp³-hybridized carbons (Fsp3) is 0.938. The predicted octanol–water partition coefficient (Wildman–Crippen LogP) is -18.3. The van der Waals surface area contributed by atoms with Crippen LogP contribution in [0.5, 0.6) is 0 Å². The van der Waals surface area contributed by atoms with Crippen molar-refractivity contribution in [2.24, 2.45) is 5.92 Å². The Morgan fingerprint density at radius 1 is 0.254 bits per heavy atom. The van der Waals surface area contributed by atoms with Gasteiger partial charge in [-0.25, -0.2) is 0 Å². The number of carbonyl (C=O) groups is 4. The smallest absolute Gasteiger partial charge is 0.217 e. The number of aliphatic hydroxyl groups is 24. The molecule has 114 heavy (non-hydrogen) atoms. The highest BCUT2D eigenvalue weighted by atomic mass is 16.8. The first-order valence-corrected chi connectivity index (χ1v) is 36.9. The van der Waals surface area contributed by atoms with Gasteiger partial charge in [0, 0.05) is 27.7 Å². The molecular weight excluding hydrogens is 1560 g/mol. The van der Waals surface area contributed by atoms with E-state index in [0.29, 0.717) is 0 Å². The lowest BCUT2D eigenvalue weighted by molar-refractivity contribution is -0.398. The van der Waals surface area contributed by atoms with Crippen molar-refractivity contribution in [2.45, 2.75) is 317 Å². The molecule has 0 aliphatic carbocycles. The maximum absolute atomic E-state index is 13.1.